The molecule has 10 aromatic carbocycles. The number of nitrogens with one attached hydrogen (secondary N) is 1. The minimum absolute atomic E-state index is 0.452. The summed E-state index contributed by atoms with van der Waals surface area (Å²) >= 11 is 3.64. The first-order valence-corrected chi connectivity index (χ1v) is 23.9. The topological polar surface area (TPSA) is 54.8 Å². The van der Waals surface area contributed by atoms with Crippen LogP contribution in [0.15, 0.2) is 209 Å². The maximum Gasteiger partial charge on any atom is 0.160 e. The zero-order valence-electron chi connectivity index (χ0n) is 35.1. The van der Waals surface area contributed by atoms with E-state index in [1.54, 1.807) is 0 Å². The fourth-order valence-electron chi connectivity index (χ4n) is 10.7. The fourth-order valence-corrected chi connectivity index (χ4v) is 13.0. The third kappa shape index (κ3) is 5.21. The first kappa shape index (κ1) is 36.3. The number of para-hydroxylation sites is 1. The van der Waals surface area contributed by atoms with Gasteiger partial charge in [0.1, 0.15) is 23.2 Å². The lowest BCUT2D eigenvalue weighted by Crippen LogP contribution is -2.34. The Morgan fingerprint density at radius 1 is 0.455 bits per heavy atom. The lowest BCUT2D eigenvalue weighted by Gasteiger charge is -2.25. The van der Waals surface area contributed by atoms with E-state index >= 15 is 0 Å². The molecule has 0 saturated heterocycles. The smallest absolute Gasteiger partial charge is 0.160 e. The van der Waals surface area contributed by atoms with Crippen molar-refractivity contribution >= 4 is 140 Å². The Bertz CT molecular complexity index is 4470. The first-order valence-electron chi connectivity index (χ1n) is 22.2. The highest BCUT2D eigenvalue weighted by Crippen LogP contribution is 2.44. The lowest BCUT2D eigenvalue weighted by molar-refractivity contribution is 0.671. The molecule has 1 aliphatic rings. The molecule has 14 aromatic rings. The van der Waals surface area contributed by atoms with Gasteiger partial charge in [-0.05, 0) is 70.8 Å². The Kier molecular flexibility index (Phi) is 7.53. The predicted molar refractivity (Wildman–Crippen MR) is 281 cm³/mol. The molecule has 0 saturated carbocycles. The lowest BCUT2D eigenvalue weighted by atomic mass is 9.99. The Balaban J connectivity index is 1.05. The zero-order valence-corrected chi connectivity index (χ0v) is 36.8. The molecule has 1 aliphatic heterocycles. The average Bonchev–Trinajstić information content (AvgIpc) is 4.14. The second kappa shape index (κ2) is 13.7. The van der Waals surface area contributed by atoms with Crippen molar-refractivity contribution in [3.63, 3.8) is 0 Å². The number of fused-ring (bicyclic) bond motifs is 15. The summed E-state index contributed by atoms with van der Waals surface area (Å²) in [6, 6.07) is 70.1. The van der Waals surface area contributed by atoms with Gasteiger partial charge < -0.3 is 14.3 Å². The van der Waals surface area contributed by atoms with E-state index < -0.39 is 6.17 Å². The number of furan rings is 1. The largest absolute Gasteiger partial charge is 0.455 e. The number of amidine groups is 2. The van der Waals surface area contributed by atoms with Crippen LogP contribution in [0.5, 0.6) is 0 Å². The van der Waals surface area contributed by atoms with Crippen LogP contribution in [-0.2, 0) is 0 Å². The van der Waals surface area contributed by atoms with Crippen LogP contribution in [0, 0.1) is 0 Å². The molecular weight excluding hydrogens is 845 g/mol. The maximum atomic E-state index is 7.12. The molecule has 0 spiro atoms. The van der Waals surface area contributed by atoms with E-state index in [2.05, 4.69) is 204 Å². The molecule has 1 atom stereocenters. The molecule has 0 amide bonds. The number of thiophene rings is 2. The van der Waals surface area contributed by atoms with Gasteiger partial charge in [-0.2, -0.15) is 0 Å². The first-order chi connectivity index (χ1) is 32.7. The quantitative estimate of drug-likeness (QED) is 0.191. The van der Waals surface area contributed by atoms with E-state index in [4.69, 9.17) is 14.4 Å². The molecule has 66 heavy (non-hydrogen) atoms. The van der Waals surface area contributed by atoms with E-state index in [9.17, 15) is 0 Å². The molecule has 0 bridgehead atoms. The van der Waals surface area contributed by atoms with Gasteiger partial charge in [0.25, 0.3) is 0 Å². The second-order valence-corrected chi connectivity index (χ2v) is 19.4. The van der Waals surface area contributed by atoms with Crippen LogP contribution in [0.3, 0.4) is 0 Å². The summed E-state index contributed by atoms with van der Waals surface area (Å²) in [5, 5.41) is 17.9. The number of aromatic nitrogens is 1. The Labute approximate surface area is 384 Å². The molecule has 1 N–H and O–H groups in total. The predicted octanol–water partition coefficient (Wildman–Crippen LogP) is 16.2. The monoisotopic (exact) mass is 878 g/mol. The van der Waals surface area contributed by atoms with Crippen LogP contribution in [-0.4, -0.2) is 16.2 Å². The van der Waals surface area contributed by atoms with Gasteiger partial charge in [0.15, 0.2) is 5.84 Å². The number of hydrogen-bond acceptors (Lipinski definition) is 6. The van der Waals surface area contributed by atoms with E-state index in [0.29, 0.717) is 5.84 Å². The molecule has 5 nitrogen and oxygen atoms in total. The van der Waals surface area contributed by atoms with Crippen LogP contribution in [0.2, 0.25) is 0 Å². The Hall–Kier alpha value is -8.10. The van der Waals surface area contributed by atoms with Gasteiger partial charge in [-0.1, -0.05) is 133 Å². The fraction of sp³-hybridized carbons (Fsp3) is 0.0169. The SMILES string of the molecule is c1ccc2cc3c(cc2c1)c1ccccc1n3-c1cc(C2=NC(c3cccc4sc5ccccc5c34)=NC(c3cccc4sc5ccccc5c34)N2)c2c(c1)oc1c3ccccc3ccc12. The van der Waals surface area contributed by atoms with Crippen LogP contribution in [0.4, 0.5) is 0 Å². The standard InChI is InChI=1S/C59H34N4OS2/c1-2-15-35-30-47-44(29-34(35)14-1)38-17-5-8-22-46(38)63(47)36-31-45(53-41-28-27-33-13-3-4-16-37(33)56(41)64-48(53)32-36)59-61-57(42-20-11-25-51-54(42)39-18-6-9-23-49(39)65-51)60-58(62-59)43-21-12-26-52-55(43)40-19-7-10-24-50(40)66-52/h1-32,57H,(H,60,61,62). The van der Waals surface area contributed by atoms with Crippen molar-refractivity contribution in [3.05, 3.63) is 211 Å². The highest BCUT2D eigenvalue weighted by atomic mass is 32.1. The van der Waals surface area contributed by atoms with E-state index in [1.165, 1.54) is 61.9 Å². The van der Waals surface area contributed by atoms with Crippen molar-refractivity contribution in [1.82, 2.24) is 9.88 Å². The molecule has 4 aromatic heterocycles. The molecule has 0 fully saturated rings. The van der Waals surface area contributed by atoms with Crippen molar-refractivity contribution in [2.75, 3.05) is 0 Å². The maximum absolute atomic E-state index is 7.12. The number of rotatable bonds is 4. The summed E-state index contributed by atoms with van der Waals surface area (Å²) < 4.78 is 14.5. The van der Waals surface area contributed by atoms with Crippen LogP contribution in [0.1, 0.15) is 22.9 Å². The third-order valence-corrected chi connectivity index (χ3v) is 15.9. The van der Waals surface area contributed by atoms with Crippen LogP contribution in [0.25, 0.3) is 111 Å². The van der Waals surface area contributed by atoms with Gasteiger partial charge >= 0.3 is 0 Å². The highest BCUT2D eigenvalue weighted by molar-refractivity contribution is 7.26. The van der Waals surface area contributed by atoms with Gasteiger partial charge in [0, 0.05) is 90.0 Å². The number of nitrogens with zero attached hydrogens (tertiary/aromatic N) is 3. The molecule has 0 aliphatic carbocycles. The molecule has 308 valence electrons. The van der Waals surface area contributed by atoms with Crippen LogP contribution < -0.4 is 5.32 Å². The summed E-state index contributed by atoms with van der Waals surface area (Å²) in [6.07, 6.45) is -0.452. The van der Waals surface area contributed by atoms with Crippen LogP contribution >= 0.6 is 22.7 Å². The molecule has 7 heteroatoms. The van der Waals surface area contributed by atoms with Gasteiger partial charge in [-0.3, -0.25) is 0 Å². The van der Waals surface area contributed by atoms with Gasteiger partial charge in [0.05, 0.1) is 16.7 Å². The van der Waals surface area contributed by atoms with Gasteiger partial charge in [-0.25, -0.2) is 9.98 Å². The Morgan fingerprint density at radius 2 is 1.11 bits per heavy atom. The number of aliphatic imine (C=N–C) groups is 2. The van der Waals surface area contributed by atoms with Gasteiger partial charge in [0.2, 0.25) is 0 Å². The number of benzene rings is 10. The highest BCUT2D eigenvalue weighted by Gasteiger charge is 2.29. The van der Waals surface area contributed by atoms with Crippen molar-refractivity contribution in [2.45, 2.75) is 6.17 Å². The van der Waals surface area contributed by atoms with Gasteiger partial charge in [-0.15, -0.1) is 22.7 Å². The minimum Gasteiger partial charge on any atom is -0.455 e. The summed E-state index contributed by atoms with van der Waals surface area (Å²) in [5.41, 5.74) is 7.98. The van der Waals surface area contributed by atoms with Crippen molar-refractivity contribution in [1.29, 1.82) is 0 Å². The van der Waals surface area contributed by atoms with Crippen molar-refractivity contribution in [3.8, 4) is 5.69 Å². The van der Waals surface area contributed by atoms with E-state index in [0.717, 1.165) is 72.0 Å². The Morgan fingerprint density at radius 3 is 1.92 bits per heavy atom. The van der Waals surface area contributed by atoms with E-state index in [1.807, 2.05) is 22.7 Å². The summed E-state index contributed by atoms with van der Waals surface area (Å²) in [4.78, 5) is 11.3. The third-order valence-electron chi connectivity index (χ3n) is 13.6. The normalized spacial score (nSPS) is 14.5. The molecular formula is C59H34N4OS2. The van der Waals surface area contributed by atoms with Crippen molar-refractivity contribution < 1.29 is 4.42 Å². The molecule has 0 radical (unpaired) electrons. The van der Waals surface area contributed by atoms with E-state index in [-0.39, 0.29) is 0 Å². The second-order valence-electron chi connectivity index (χ2n) is 17.3. The summed E-state index contributed by atoms with van der Waals surface area (Å²) in [7, 11) is 0. The zero-order chi connectivity index (χ0) is 43.0. The number of hydrogen-bond donors (Lipinski definition) is 1. The molecule has 1 unspecified atom stereocenters. The summed E-state index contributed by atoms with van der Waals surface area (Å²) in [6.45, 7) is 0. The molecule has 5 heterocycles. The minimum atomic E-state index is -0.452. The summed E-state index contributed by atoms with van der Waals surface area (Å²) in [5.74, 6) is 1.44. The van der Waals surface area contributed by atoms with Crippen molar-refractivity contribution in [2.24, 2.45) is 9.98 Å². The average molecular weight is 879 g/mol. The molecule has 15 rings (SSSR count).